The van der Waals surface area contributed by atoms with Crippen molar-refractivity contribution in [3.05, 3.63) is 17.5 Å². The second-order valence-corrected chi connectivity index (χ2v) is 6.41. The molecular formula is C14H23F3IN5. The van der Waals surface area contributed by atoms with Crippen LogP contribution in [0, 0.1) is 5.41 Å². The third-order valence-corrected chi connectivity index (χ3v) is 3.80. The van der Waals surface area contributed by atoms with Crippen LogP contribution in [-0.4, -0.2) is 40.8 Å². The Morgan fingerprint density at radius 1 is 1.43 bits per heavy atom. The van der Waals surface area contributed by atoms with E-state index in [4.69, 9.17) is 0 Å². The summed E-state index contributed by atoms with van der Waals surface area (Å²) in [4.78, 5) is 6.25. The molecule has 132 valence electrons. The van der Waals surface area contributed by atoms with Gasteiger partial charge in [0.15, 0.2) is 11.7 Å². The second kappa shape index (κ2) is 7.27. The lowest BCUT2D eigenvalue weighted by Gasteiger charge is -2.23. The summed E-state index contributed by atoms with van der Waals surface area (Å²) in [6.45, 7) is 6.08. The maximum Gasteiger partial charge on any atom is 0.435 e. The molecular weight excluding hydrogens is 422 g/mol. The van der Waals surface area contributed by atoms with E-state index in [-0.39, 0.29) is 41.5 Å². The Kier molecular flexibility index (Phi) is 6.33. The van der Waals surface area contributed by atoms with Crippen LogP contribution in [0.4, 0.5) is 13.2 Å². The van der Waals surface area contributed by atoms with Crippen molar-refractivity contribution >= 4 is 29.9 Å². The Labute approximate surface area is 151 Å². The van der Waals surface area contributed by atoms with Crippen molar-refractivity contribution < 1.29 is 13.2 Å². The lowest BCUT2D eigenvalue weighted by Crippen LogP contribution is -2.40. The maximum atomic E-state index is 12.9. The number of aryl methyl sites for hydroxylation is 1. The molecule has 1 aromatic heterocycles. The van der Waals surface area contributed by atoms with E-state index in [9.17, 15) is 13.2 Å². The van der Waals surface area contributed by atoms with Crippen LogP contribution in [0.15, 0.2) is 11.2 Å². The van der Waals surface area contributed by atoms with Gasteiger partial charge in [-0.3, -0.25) is 9.67 Å². The molecule has 1 aromatic rings. The van der Waals surface area contributed by atoms with Crippen molar-refractivity contribution in [2.45, 2.75) is 33.0 Å². The molecule has 1 saturated heterocycles. The number of hydrogen-bond acceptors (Lipinski definition) is 2. The number of nitrogens with zero attached hydrogens (tertiary/aromatic N) is 4. The SMILES string of the molecule is CN=C(NCc1cn(C)nc1C(F)(F)F)N1CCC(C)(C)C1.I. The van der Waals surface area contributed by atoms with E-state index in [1.54, 1.807) is 7.05 Å². The van der Waals surface area contributed by atoms with Gasteiger partial charge in [-0.15, -0.1) is 24.0 Å². The molecule has 1 N–H and O–H groups in total. The van der Waals surface area contributed by atoms with Gasteiger partial charge >= 0.3 is 6.18 Å². The second-order valence-electron chi connectivity index (χ2n) is 6.41. The molecule has 5 nitrogen and oxygen atoms in total. The molecule has 23 heavy (non-hydrogen) atoms. The van der Waals surface area contributed by atoms with Gasteiger partial charge in [-0.2, -0.15) is 18.3 Å². The van der Waals surface area contributed by atoms with Gasteiger partial charge in [0, 0.05) is 45.5 Å². The first-order chi connectivity index (χ1) is 10.1. The monoisotopic (exact) mass is 445 g/mol. The fraction of sp³-hybridized carbons (Fsp3) is 0.714. The van der Waals surface area contributed by atoms with E-state index in [0.29, 0.717) is 5.96 Å². The zero-order valence-electron chi connectivity index (χ0n) is 13.7. The third kappa shape index (κ3) is 4.98. The number of hydrogen-bond donors (Lipinski definition) is 1. The average molecular weight is 445 g/mol. The molecule has 2 rings (SSSR count). The molecule has 0 atom stereocenters. The number of aromatic nitrogens is 2. The summed E-state index contributed by atoms with van der Waals surface area (Å²) in [6.07, 6.45) is -2.02. The van der Waals surface area contributed by atoms with E-state index in [0.717, 1.165) is 19.5 Å². The minimum absolute atomic E-state index is 0. The molecule has 0 aliphatic carbocycles. The van der Waals surface area contributed by atoms with Crippen molar-refractivity contribution in [3.63, 3.8) is 0 Å². The molecule has 0 bridgehead atoms. The summed E-state index contributed by atoms with van der Waals surface area (Å²) in [5.74, 6) is 0.627. The molecule has 1 fully saturated rings. The summed E-state index contributed by atoms with van der Waals surface area (Å²) in [6, 6.07) is 0. The van der Waals surface area contributed by atoms with Crippen LogP contribution in [0.25, 0.3) is 0 Å². The minimum Gasteiger partial charge on any atom is -0.352 e. The van der Waals surface area contributed by atoms with Crippen molar-refractivity contribution in [2.24, 2.45) is 17.5 Å². The number of nitrogens with one attached hydrogen (secondary N) is 1. The van der Waals surface area contributed by atoms with Gasteiger partial charge < -0.3 is 10.2 Å². The first kappa shape index (κ1) is 20.0. The number of likely N-dealkylation sites (tertiary alicyclic amines) is 1. The summed E-state index contributed by atoms with van der Waals surface area (Å²) in [5, 5.41) is 6.52. The predicted octanol–water partition coefficient (Wildman–Crippen LogP) is 2.86. The number of rotatable bonds is 2. The average Bonchev–Trinajstić information content (AvgIpc) is 2.93. The molecule has 0 saturated carbocycles. The standard InChI is InChI=1S/C14H22F3N5.HI/c1-13(2)5-6-22(9-13)12(18-3)19-7-10-8-21(4)20-11(10)14(15,16)17;/h8H,5-7,9H2,1-4H3,(H,18,19);1H. The largest absolute Gasteiger partial charge is 0.435 e. The minimum atomic E-state index is -4.45. The summed E-state index contributed by atoms with van der Waals surface area (Å²) >= 11 is 0. The van der Waals surface area contributed by atoms with E-state index in [1.807, 2.05) is 0 Å². The fourth-order valence-electron chi connectivity index (χ4n) is 2.71. The van der Waals surface area contributed by atoms with Gasteiger partial charge in [0.25, 0.3) is 0 Å². The molecule has 0 amide bonds. The maximum absolute atomic E-state index is 12.9. The summed E-state index contributed by atoms with van der Waals surface area (Å²) in [7, 11) is 3.12. The van der Waals surface area contributed by atoms with Crippen molar-refractivity contribution in [1.29, 1.82) is 0 Å². The zero-order chi connectivity index (χ0) is 16.5. The van der Waals surface area contributed by atoms with Crippen molar-refractivity contribution in [1.82, 2.24) is 20.0 Å². The van der Waals surface area contributed by atoms with E-state index < -0.39 is 11.9 Å². The highest BCUT2D eigenvalue weighted by atomic mass is 127. The van der Waals surface area contributed by atoms with Gasteiger partial charge in [0.05, 0.1) is 0 Å². The van der Waals surface area contributed by atoms with Crippen LogP contribution in [0.2, 0.25) is 0 Å². The van der Waals surface area contributed by atoms with Crippen molar-refractivity contribution in [3.8, 4) is 0 Å². The van der Waals surface area contributed by atoms with Crippen LogP contribution in [0.5, 0.6) is 0 Å². The first-order valence-electron chi connectivity index (χ1n) is 7.18. The highest BCUT2D eigenvalue weighted by Gasteiger charge is 2.37. The Bertz CT molecular complexity index is 565. The lowest BCUT2D eigenvalue weighted by molar-refractivity contribution is -0.142. The van der Waals surface area contributed by atoms with Gasteiger partial charge in [-0.05, 0) is 11.8 Å². The smallest absolute Gasteiger partial charge is 0.352 e. The van der Waals surface area contributed by atoms with Gasteiger partial charge in [-0.1, -0.05) is 13.8 Å². The van der Waals surface area contributed by atoms with Gasteiger partial charge in [0.1, 0.15) is 0 Å². The molecule has 0 radical (unpaired) electrons. The number of guanidine groups is 1. The van der Waals surface area contributed by atoms with Crippen LogP contribution in [-0.2, 0) is 19.8 Å². The molecule has 0 spiro atoms. The van der Waals surface area contributed by atoms with Crippen LogP contribution in [0.3, 0.4) is 0 Å². The highest BCUT2D eigenvalue weighted by Crippen LogP contribution is 2.31. The zero-order valence-corrected chi connectivity index (χ0v) is 16.1. The Morgan fingerprint density at radius 3 is 2.57 bits per heavy atom. The number of halogens is 4. The third-order valence-electron chi connectivity index (χ3n) is 3.80. The first-order valence-corrected chi connectivity index (χ1v) is 7.18. The molecule has 0 unspecified atom stereocenters. The van der Waals surface area contributed by atoms with Gasteiger partial charge in [-0.25, -0.2) is 0 Å². The summed E-state index contributed by atoms with van der Waals surface area (Å²) < 4.78 is 40.0. The van der Waals surface area contributed by atoms with Gasteiger partial charge in [0.2, 0.25) is 0 Å². The summed E-state index contributed by atoms with van der Waals surface area (Å²) in [5.41, 5.74) is -0.530. The Morgan fingerprint density at radius 2 is 2.09 bits per heavy atom. The van der Waals surface area contributed by atoms with Crippen LogP contribution in [0.1, 0.15) is 31.5 Å². The Hall–Kier alpha value is -1.00. The van der Waals surface area contributed by atoms with Crippen LogP contribution >= 0.6 is 24.0 Å². The number of alkyl halides is 3. The molecule has 1 aliphatic rings. The van der Waals surface area contributed by atoms with E-state index >= 15 is 0 Å². The quantitative estimate of drug-likeness (QED) is 0.433. The van der Waals surface area contributed by atoms with E-state index in [1.165, 1.54) is 17.9 Å². The fourth-order valence-corrected chi connectivity index (χ4v) is 2.71. The predicted molar refractivity (Wildman–Crippen MR) is 93.8 cm³/mol. The molecule has 9 heteroatoms. The van der Waals surface area contributed by atoms with Crippen molar-refractivity contribution in [2.75, 3.05) is 20.1 Å². The molecule has 2 heterocycles. The molecule has 1 aliphatic heterocycles. The lowest BCUT2D eigenvalue weighted by atomic mass is 9.93. The number of aliphatic imine (C=N–C) groups is 1. The highest BCUT2D eigenvalue weighted by molar-refractivity contribution is 14.0. The normalized spacial score (nSPS) is 18.0. The molecule has 0 aromatic carbocycles. The topological polar surface area (TPSA) is 45.5 Å². The van der Waals surface area contributed by atoms with Crippen LogP contribution < -0.4 is 5.32 Å². The Balaban J connectivity index is 0.00000264. The van der Waals surface area contributed by atoms with E-state index in [2.05, 4.69) is 34.2 Å².